The molecule has 6 aromatic rings. The summed E-state index contributed by atoms with van der Waals surface area (Å²) in [6.45, 7) is -8.05. The van der Waals surface area contributed by atoms with Crippen molar-refractivity contribution in [3.63, 3.8) is 0 Å². The van der Waals surface area contributed by atoms with Crippen LogP contribution in [0.25, 0.3) is 22.3 Å². The number of hydrogen-bond donors (Lipinski definition) is 4. The molecule has 20 nitrogen and oxygen atoms in total. The van der Waals surface area contributed by atoms with Crippen molar-refractivity contribution in [1.29, 1.82) is 0 Å². The van der Waals surface area contributed by atoms with Gasteiger partial charge in [0.25, 0.3) is 20.4 Å². The molecule has 4 heterocycles. The Bertz CT molecular complexity index is 3730. The monoisotopic (exact) mass is 1070 g/mol. The van der Waals surface area contributed by atoms with Crippen molar-refractivity contribution in [1.82, 2.24) is 49.3 Å². The van der Waals surface area contributed by atoms with Crippen molar-refractivity contribution in [2.24, 2.45) is 0 Å². The highest BCUT2D eigenvalue weighted by atomic mass is 79.9. The average molecular weight is 1070 g/mol. The van der Waals surface area contributed by atoms with E-state index in [4.69, 9.17) is 49.1 Å². The lowest BCUT2D eigenvalue weighted by Gasteiger charge is -2.15. The maximum atomic E-state index is 12.9. The molecule has 0 saturated carbocycles. The number of aromatic nitrogens is 8. The van der Waals surface area contributed by atoms with Crippen LogP contribution >= 0.6 is 31.9 Å². The Morgan fingerprint density at radius 3 is 1.34 bits per heavy atom. The molecule has 0 unspecified atom stereocenters. The lowest BCUT2D eigenvalue weighted by molar-refractivity contribution is 0.202. The molecule has 64 heavy (non-hydrogen) atoms. The zero-order valence-corrected chi connectivity index (χ0v) is 38.0. The fourth-order valence-corrected chi connectivity index (χ4v) is 5.99. The van der Waals surface area contributed by atoms with Gasteiger partial charge in [-0.25, -0.2) is 39.9 Å². The molecule has 0 amide bonds. The summed E-state index contributed by atoms with van der Waals surface area (Å²) in [4.78, 5) is 29.9. The molecule has 2 aromatic carbocycles. The highest BCUT2D eigenvalue weighted by Gasteiger charge is 2.21. The molecule has 0 atom stereocenters. The molecular formula is C40H46Br2N12O8S2. The second-order valence-electron chi connectivity index (χ2n) is 11.3. The molecule has 0 aliphatic rings. The Balaban J connectivity index is 0.000000314. The van der Waals surface area contributed by atoms with Crippen LogP contribution in [-0.4, -0.2) is 96.0 Å². The van der Waals surface area contributed by atoms with E-state index >= 15 is 0 Å². The number of halogens is 2. The topological polar surface area (TPSA) is 256 Å². The van der Waals surface area contributed by atoms with Gasteiger partial charge in [0, 0.05) is 54.9 Å². The van der Waals surface area contributed by atoms with Gasteiger partial charge < -0.3 is 18.9 Å². The summed E-state index contributed by atoms with van der Waals surface area (Å²) >= 11 is 5.92. The van der Waals surface area contributed by atoms with Gasteiger partial charge in [0.1, 0.15) is 39.0 Å². The smallest absolute Gasteiger partial charge is 0.316 e. The molecule has 4 N–H and O–H groups in total. The van der Waals surface area contributed by atoms with Gasteiger partial charge in [-0.05, 0) is 73.1 Å². The van der Waals surface area contributed by atoms with Gasteiger partial charge in [-0.3, -0.25) is 9.44 Å². The highest BCUT2D eigenvalue weighted by Crippen LogP contribution is 2.36. The predicted molar refractivity (Wildman–Crippen MR) is 248 cm³/mol. The van der Waals surface area contributed by atoms with E-state index in [1.165, 1.54) is 25.5 Å². The van der Waals surface area contributed by atoms with Crippen molar-refractivity contribution >= 4 is 63.9 Å². The summed E-state index contributed by atoms with van der Waals surface area (Å²) in [5, 5.41) is 0. The Kier molecular flexibility index (Phi) is 10.3. The normalized spacial score (nSPS) is 17.3. The maximum Gasteiger partial charge on any atom is 0.316 e. The van der Waals surface area contributed by atoms with Crippen LogP contribution in [-0.2, 0) is 20.4 Å². The first-order valence-corrected chi connectivity index (χ1v) is 21.9. The lowest BCUT2D eigenvalue weighted by Crippen LogP contribution is -2.31. The van der Waals surface area contributed by atoms with Crippen LogP contribution in [0.2, 0.25) is 0 Å². The van der Waals surface area contributed by atoms with E-state index in [0.29, 0.717) is 0 Å². The largest absolute Gasteiger partial charge is 0.473 e. The minimum absolute atomic E-state index is 0.113. The molecule has 24 heteroatoms. The Hall–Kier alpha value is -5.66. The van der Waals surface area contributed by atoms with Gasteiger partial charge in [-0.2, -0.15) is 26.3 Å². The van der Waals surface area contributed by atoms with Gasteiger partial charge in [0.05, 0.1) is 33.1 Å². The average Bonchev–Trinajstić information content (AvgIpc) is 0.899. The van der Waals surface area contributed by atoms with Gasteiger partial charge in [-0.1, -0.05) is 69.9 Å². The van der Waals surface area contributed by atoms with Crippen molar-refractivity contribution in [3.05, 3.63) is 106 Å². The fourth-order valence-electron chi connectivity index (χ4n) is 4.10. The molecule has 340 valence electrons. The Labute approximate surface area is 419 Å². The molecule has 0 spiro atoms. The number of ether oxygens (including phenoxy) is 4. The first-order valence-electron chi connectivity index (χ1n) is 28.4. The summed E-state index contributed by atoms with van der Waals surface area (Å²) in [6, 6.07) is -6.31. The number of rotatable bonds is 22. The van der Waals surface area contributed by atoms with Crippen LogP contribution in [0, 0.1) is 13.8 Å². The minimum atomic E-state index is -5.01. The van der Waals surface area contributed by atoms with Gasteiger partial charge in [0.2, 0.25) is 11.8 Å². The third-order valence-electron chi connectivity index (χ3n) is 6.61. The molecule has 0 bridgehead atoms. The van der Waals surface area contributed by atoms with E-state index in [2.05, 4.69) is 71.7 Å². The standard InChI is InChI=1S/2C20H23BrN6O4S/c2*1-3-8-26-32(28,29)27-18-17(15-4-6-16(21)7-5-15)19(25-13-24-18)30-9-10-31-20-22-11-14(2)12-23-20/h2*4-7,11-13,26H,3,8-10H2,1-2H3,(H,24,25,27)/i3D2,4D,5D,6D,7D,8D2,10D2,11D,12D;4D,5D,6D,7D,8D2,10D2,11D,12D. The van der Waals surface area contributed by atoms with Crippen LogP contribution in [0.3, 0.4) is 0 Å². The van der Waals surface area contributed by atoms with Crippen molar-refractivity contribution in [3.8, 4) is 46.0 Å². The van der Waals surface area contributed by atoms with Crippen LogP contribution in [0.15, 0.2) is 94.6 Å². The van der Waals surface area contributed by atoms with Crippen LogP contribution in [0.5, 0.6) is 23.8 Å². The SMILES string of the molecule is [2H]c1nc(OC([2H])([2H])COc2ncnc(NS(=O)(=O)NC([2H])([2H])C([2H])([2H])C)c2-c2c([2H])c([2H])c(Br)c([2H])c2[2H])nc([2H])c1C.[2H]c1nc(OC([2H])([2H])COc2ncnc(NS(=O)(=O)NC([2H])([2H])CC)c2-c2c([2H])c([2H])c(Br)c([2H])c2[2H])nc([2H])c1C. The van der Waals surface area contributed by atoms with Gasteiger partial charge >= 0.3 is 12.0 Å². The number of nitrogens with one attached hydrogen (secondary N) is 4. The molecule has 0 saturated heterocycles. The molecule has 6 rings (SSSR count). The Morgan fingerprint density at radius 2 is 0.969 bits per heavy atom. The number of hydrogen-bond acceptors (Lipinski definition) is 16. The zero-order chi connectivity index (χ0) is 65.4. The van der Waals surface area contributed by atoms with E-state index in [0.717, 1.165) is 19.6 Å². The fraction of sp³-hybridized carbons (Fsp3) is 0.300. The molecule has 0 aliphatic heterocycles. The van der Waals surface area contributed by atoms with E-state index in [1.54, 1.807) is 4.72 Å². The summed E-state index contributed by atoms with van der Waals surface area (Å²) < 4.78 is 255. The van der Waals surface area contributed by atoms with E-state index < -0.39 is 172 Å². The van der Waals surface area contributed by atoms with Crippen LogP contribution < -0.4 is 37.8 Å². The number of benzene rings is 2. The first kappa shape index (κ1) is 27.0. The molecule has 4 aromatic heterocycles. The van der Waals surface area contributed by atoms with Gasteiger partial charge in [-0.15, -0.1) is 0 Å². The van der Waals surface area contributed by atoms with E-state index in [-0.39, 0.29) is 51.2 Å². The second kappa shape index (κ2) is 24.4. The summed E-state index contributed by atoms with van der Waals surface area (Å²) in [5.41, 5.74) is -2.00. The van der Waals surface area contributed by atoms with Crippen LogP contribution in [0.1, 0.15) is 67.9 Å². The molecule has 0 fully saturated rings. The molecular weight excluding hydrogens is 1000 g/mol. The molecule has 0 aliphatic carbocycles. The quantitative estimate of drug-likeness (QED) is 0.0587. The van der Waals surface area contributed by atoms with E-state index in [9.17, 15) is 16.8 Å². The third kappa shape index (κ3) is 15.8. The lowest BCUT2D eigenvalue weighted by atomic mass is 10.1. The summed E-state index contributed by atoms with van der Waals surface area (Å²) in [6.07, 6.45) is -2.91. The van der Waals surface area contributed by atoms with E-state index in [1.807, 2.05) is 9.44 Å². The van der Waals surface area contributed by atoms with Crippen molar-refractivity contribution in [2.45, 2.75) is 40.5 Å². The van der Waals surface area contributed by atoms with Gasteiger partial charge in [0.15, 0.2) is 11.6 Å². The third-order valence-corrected chi connectivity index (χ3v) is 9.11. The predicted octanol–water partition coefficient (Wildman–Crippen LogP) is 6.24. The number of nitrogens with zero attached hydrogens (tertiary/aromatic N) is 8. The summed E-state index contributed by atoms with van der Waals surface area (Å²) in [7, 11) is -9.71. The zero-order valence-electron chi connectivity index (χ0n) is 55.2. The van der Waals surface area contributed by atoms with Crippen molar-refractivity contribution < 1.29 is 65.9 Å². The van der Waals surface area contributed by atoms with Crippen LogP contribution in [0.4, 0.5) is 11.6 Å². The first-order chi connectivity index (χ1) is 39.3. The van der Waals surface area contributed by atoms with Crippen molar-refractivity contribution in [2.75, 3.05) is 48.8 Å². The number of anilines is 2. The minimum Gasteiger partial charge on any atom is -0.473 e. The highest BCUT2D eigenvalue weighted by molar-refractivity contribution is 9.10. The maximum absolute atomic E-state index is 12.9. The Morgan fingerprint density at radius 1 is 0.578 bits per heavy atom. The second-order valence-corrected chi connectivity index (χ2v) is 15.7. The molecule has 0 radical (unpaired) electrons. The summed E-state index contributed by atoms with van der Waals surface area (Å²) in [5.74, 6) is -2.67.